The maximum absolute atomic E-state index is 12.7. The third-order valence-electron chi connectivity index (χ3n) is 4.17. The minimum Gasteiger partial charge on any atom is -0.379 e. The Labute approximate surface area is 180 Å². The Morgan fingerprint density at radius 3 is 2.41 bits per heavy atom. The van der Waals surface area contributed by atoms with Crippen LogP contribution in [0.2, 0.25) is 0 Å². The van der Waals surface area contributed by atoms with Gasteiger partial charge in [0.2, 0.25) is 10.0 Å². The van der Waals surface area contributed by atoms with E-state index in [1.165, 1.54) is 4.31 Å². The SMILES string of the molecule is CN=C(NCc1ccccc1CS(=O)(=O)N1CCOCC1)NCC(C)C.I. The van der Waals surface area contributed by atoms with Crippen molar-refractivity contribution in [3.8, 4) is 0 Å². The van der Waals surface area contributed by atoms with E-state index in [4.69, 9.17) is 4.74 Å². The third-order valence-corrected chi connectivity index (χ3v) is 6.00. The zero-order valence-electron chi connectivity index (χ0n) is 16.3. The number of ether oxygens (including phenoxy) is 1. The van der Waals surface area contributed by atoms with E-state index < -0.39 is 10.0 Å². The van der Waals surface area contributed by atoms with E-state index in [1.54, 1.807) is 7.05 Å². The zero-order valence-corrected chi connectivity index (χ0v) is 19.4. The Kier molecular flexibility index (Phi) is 10.6. The van der Waals surface area contributed by atoms with E-state index in [0.29, 0.717) is 44.7 Å². The summed E-state index contributed by atoms with van der Waals surface area (Å²) in [4.78, 5) is 4.21. The first-order valence-corrected chi connectivity index (χ1v) is 10.6. The topological polar surface area (TPSA) is 83.0 Å². The second kappa shape index (κ2) is 11.8. The minimum atomic E-state index is -3.34. The number of sulfonamides is 1. The summed E-state index contributed by atoms with van der Waals surface area (Å²) < 4.78 is 32.2. The highest BCUT2D eigenvalue weighted by atomic mass is 127. The van der Waals surface area contributed by atoms with Crippen molar-refractivity contribution >= 4 is 40.0 Å². The van der Waals surface area contributed by atoms with Crippen molar-refractivity contribution in [1.82, 2.24) is 14.9 Å². The molecule has 0 spiro atoms. The molecule has 2 rings (SSSR count). The van der Waals surface area contributed by atoms with Crippen LogP contribution in [0.15, 0.2) is 29.3 Å². The Balaban J connectivity index is 0.00000364. The molecule has 0 aliphatic carbocycles. The van der Waals surface area contributed by atoms with Crippen LogP contribution in [0.4, 0.5) is 0 Å². The molecule has 154 valence electrons. The number of nitrogens with zero attached hydrogens (tertiary/aromatic N) is 2. The molecule has 1 fully saturated rings. The second-order valence-corrected chi connectivity index (χ2v) is 8.71. The largest absolute Gasteiger partial charge is 0.379 e. The lowest BCUT2D eigenvalue weighted by atomic mass is 10.1. The number of rotatable bonds is 7. The Morgan fingerprint density at radius 1 is 1.19 bits per heavy atom. The number of halogens is 1. The molecule has 9 heteroatoms. The molecule has 0 aromatic heterocycles. The van der Waals surface area contributed by atoms with Crippen molar-refractivity contribution in [2.24, 2.45) is 10.9 Å². The molecule has 1 heterocycles. The molecule has 0 saturated carbocycles. The molecule has 27 heavy (non-hydrogen) atoms. The fraction of sp³-hybridized carbons (Fsp3) is 0.611. The first-order chi connectivity index (χ1) is 12.4. The Hall–Kier alpha value is -0.910. The number of morpholine rings is 1. The summed E-state index contributed by atoms with van der Waals surface area (Å²) >= 11 is 0. The third kappa shape index (κ3) is 7.92. The smallest absolute Gasteiger partial charge is 0.218 e. The van der Waals surface area contributed by atoms with Gasteiger partial charge >= 0.3 is 0 Å². The highest BCUT2D eigenvalue weighted by Crippen LogP contribution is 2.16. The van der Waals surface area contributed by atoms with E-state index in [0.717, 1.165) is 17.7 Å². The molecular weight excluding hydrogens is 479 g/mol. The molecule has 0 unspecified atom stereocenters. The number of benzene rings is 1. The normalized spacial score (nSPS) is 16.1. The zero-order chi connectivity index (χ0) is 19.0. The number of aliphatic imine (C=N–C) groups is 1. The molecule has 1 aromatic rings. The minimum absolute atomic E-state index is 0. The van der Waals surface area contributed by atoms with Gasteiger partial charge in [0.05, 0.1) is 19.0 Å². The first kappa shape index (κ1) is 24.1. The van der Waals surface area contributed by atoms with E-state index in [9.17, 15) is 8.42 Å². The van der Waals surface area contributed by atoms with Crippen LogP contribution in [-0.2, 0) is 27.1 Å². The number of hydrogen-bond donors (Lipinski definition) is 2. The molecule has 1 aromatic carbocycles. The lowest BCUT2D eigenvalue weighted by molar-refractivity contribution is 0.0729. The van der Waals surface area contributed by atoms with Gasteiger partial charge in [-0.25, -0.2) is 8.42 Å². The molecule has 1 aliphatic rings. The highest BCUT2D eigenvalue weighted by molar-refractivity contribution is 14.0. The number of guanidine groups is 1. The quantitative estimate of drug-likeness (QED) is 0.332. The van der Waals surface area contributed by atoms with Crippen molar-refractivity contribution in [1.29, 1.82) is 0 Å². The maximum Gasteiger partial charge on any atom is 0.218 e. The van der Waals surface area contributed by atoms with Gasteiger partial charge in [-0.15, -0.1) is 24.0 Å². The van der Waals surface area contributed by atoms with Crippen molar-refractivity contribution in [2.75, 3.05) is 39.9 Å². The summed E-state index contributed by atoms with van der Waals surface area (Å²) in [7, 11) is -1.62. The fourth-order valence-corrected chi connectivity index (χ4v) is 4.25. The summed E-state index contributed by atoms with van der Waals surface area (Å²) in [6.07, 6.45) is 0. The molecule has 0 radical (unpaired) electrons. The van der Waals surface area contributed by atoms with Gasteiger partial charge in [-0.1, -0.05) is 38.1 Å². The lowest BCUT2D eigenvalue weighted by Crippen LogP contribution is -2.41. The molecule has 0 bridgehead atoms. The van der Waals surface area contributed by atoms with E-state index in [2.05, 4.69) is 29.5 Å². The molecule has 7 nitrogen and oxygen atoms in total. The van der Waals surface area contributed by atoms with Crippen LogP contribution < -0.4 is 10.6 Å². The van der Waals surface area contributed by atoms with Gasteiger partial charge in [-0.3, -0.25) is 4.99 Å². The van der Waals surface area contributed by atoms with Gasteiger partial charge < -0.3 is 15.4 Å². The van der Waals surface area contributed by atoms with Crippen LogP contribution in [0, 0.1) is 5.92 Å². The van der Waals surface area contributed by atoms with Gasteiger partial charge in [0.15, 0.2) is 5.96 Å². The van der Waals surface area contributed by atoms with Crippen LogP contribution in [0.1, 0.15) is 25.0 Å². The fourth-order valence-electron chi connectivity index (χ4n) is 2.68. The highest BCUT2D eigenvalue weighted by Gasteiger charge is 2.25. The predicted molar refractivity (Wildman–Crippen MR) is 120 cm³/mol. The van der Waals surface area contributed by atoms with E-state index in [-0.39, 0.29) is 29.7 Å². The Morgan fingerprint density at radius 2 is 1.81 bits per heavy atom. The maximum atomic E-state index is 12.7. The summed E-state index contributed by atoms with van der Waals surface area (Å²) in [5.41, 5.74) is 1.77. The van der Waals surface area contributed by atoms with Crippen molar-refractivity contribution < 1.29 is 13.2 Å². The van der Waals surface area contributed by atoms with Gasteiger partial charge in [0, 0.05) is 33.2 Å². The molecular formula is C18H31IN4O3S. The summed E-state index contributed by atoms with van der Waals surface area (Å²) in [5.74, 6) is 1.23. The van der Waals surface area contributed by atoms with Crippen LogP contribution in [0.5, 0.6) is 0 Å². The average Bonchev–Trinajstić information content (AvgIpc) is 2.63. The van der Waals surface area contributed by atoms with Crippen molar-refractivity contribution in [2.45, 2.75) is 26.1 Å². The summed E-state index contributed by atoms with van der Waals surface area (Å²) in [6, 6.07) is 7.62. The average molecular weight is 510 g/mol. The monoisotopic (exact) mass is 510 g/mol. The van der Waals surface area contributed by atoms with Crippen LogP contribution in [-0.4, -0.2) is 58.6 Å². The van der Waals surface area contributed by atoms with Gasteiger partial charge in [0.25, 0.3) is 0 Å². The lowest BCUT2D eigenvalue weighted by Gasteiger charge is -2.26. The van der Waals surface area contributed by atoms with Gasteiger partial charge in [-0.2, -0.15) is 4.31 Å². The number of nitrogens with one attached hydrogen (secondary N) is 2. The van der Waals surface area contributed by atoms with Crippen LogP contribution in [0.25, 0.3) is 0 Å². The van der Waals surface area contributed by atoms with Gasteiger partial charge in [-0.05, 0) is 17.0 Å². The summed E-state index contributed by atoms with van der Waals surface area (Å²) in [5, 5.41) is 6.51. The Bertz CT molecular complexity index is 704. The summed E-state index contributed by atoms with van der Waals surface area (Å²) in [6.45, 7) is 7.38. The molecule has 2 N–H and O–H groups in total. The number of hydrogen-bond acceptors (Lipinski definition) is 4. The van der Waals surface area contributed by atoms with E-state index >= 15 is 0 Å². The molecule has 0 atom stereocenters. The molecule has 1 aliphatic heterocycles. The van der Waals surface area contributed by atoms with E-state index in [1.807, 2.05) is 24.3 Å². The first-order valence-electron chi connectivity index (χ1n) is 8.99. The standard InChI is InChI=1S/C18H30N4O3S.HI/c1-15(2)12-20-18(19-3)21-13-16-6-4-5-7-17(16)14-26(23,24)22-8-10-25-11-9-22;/h4-7,15H,8-14H2,1-3H3,(H2,19,20,21);1H. The molecule has 0 amide bonds. The predicted octanol–water partition coefficient (Wildman–Crippen LogP) is 1.79. The van der Waals surface area contributed by atoms with Crippen molar-refractivity contribution in [3.63, 3.8) is 0 Å². The van der Waals surface area contributed by atoms with Crippen LogP contribution >= 0.6 is 24.0 Å². The van der Waals surface area contributed by atoms with Gasteiger partial charge in [0.1, 0.15) is 0 Å². The van der Waals surface area contributed by atoms with Crippen molar-refractivity contribution in [3.05, 3.63) is 35.4 Å². The second-order valence-electron chi connectivity index (χ2n) is 6.74. The molecule has 1 saturated heterocycles. The van der Waals surface area contributed by atoms with Crippen LogP contribution in [0.3, 0.4) is 0 Å².